The second-order valence-electron chi connectivity index (χ2n) is 6.64. The van der Waals surface area contributed by atoms with Crippen molar-refractivity contribution in [1.29, 1.82) is 0 Å². The van der Waals surface area contributed by atoms with E-state index in [1.54, 1.807) is 24.4 Å². The van der Waals surface area contributed by atoms with Gasteiger partial charge in [-0.3, -0.25) is 4.99 Å². The lowest BCUT2D eigenvalue weighted by Crippen LogP contribution is -2.42. The summed E-state index contributed by atoms with van der Waals surface area (Å²) < 4.78 is 13.7. The number of rotatable bonds is 2. The van der Waals surface area contributed by atoms with Crippen molar-refractivity contribution in [3.05, 3.63) is 64.4 Å². The first-order chi connectivity index (χ1) is 11.3. The van der Waals surface area contributed by atoms with Crippen molar-refractivity contribution in [2.45, 2.75) is 26.3 Å². The summed E-state index contributed by atoms with van der Waals surface area (Å²) in [5, 5.41) is 0.603. The highest BCUT2D eigenvalue weighted by Crippen LogP contribution is 2.40. The summed E-state index contributed by atoms with van der Waals surface area (Å²) in [5.41, 5.74) is 4.43. The number of para-hydroxylation sites is 1. The largest absolute Gasteiger partial charge is 0.365 e. The Labute approximate surface area is 147 Å². The van der Waals surface area contributed by atoms with Crippen molar-refractivity contribution >= 4 is 34.8 Å². The van der Waals surface area contributed by atoms with Gasteiger partial charge in [0.25, 0.3) is 0 Å². The number of aliphatic imine (C=N–C) groups is 1. The minimum absolute atomic E-state index is 0.0663. The highest BCUT2D eigenvalue weighted by molar-refractivity contribution is 6.33. The number of benzene rings is 2. The zero-order valence-corrected chi connectivity index (χ0v) is 15.0. The lowest BCUT2D eigenvalue weighted by molar-refractivity contribution is 0.598. The quantitative estimate of drug-likeness (QED) is 0.624. The van der Waals surface area contributed by atoms with Crippen molar-refractivity contribution < 1.29 is 4.39 Å². The van der Waals surface area contributed by atoms with Crippen LogP contribution in [0.25, 0.3) is 5.57 Å². The van der Waals surface area contributed by atoms with Crippen LogP contribution in [0.1, 0.15) is 31.9 Å². The van der Waals surface area contributed by atoms with Gasteiger partial charge < -0.3 is 4.90 Å². The smallest absolute Gasteiger partial charge is 0.148 e. The normalized spacial score (nSPS) is 16.2. The van der Waals surface area contributed by atoms with E-state index in [9.17, 15) is 4.39 Å². The van der Waals surface area contributed by atoms with Gasteiger partial charge in [0, 0.05) is 30.1 Å². The molecule has 2 aromatic rings. The summed E-state index contributed by atoms with van der Waals surface area (Å²) in [6.45, 7) is 6.43. The van der Waals surface area contributed by atoms with Gasteiger partial charge in [-0.15, -0.1) is 0 Å². The van der Waals surface area contributed by atoms with Gasteiger partial charge in [-0.05, 0) is 50.6 Å². The third-order valence-electron chi connectivity index (χ3n) is 4.53. The standard InChI is InChI=1S/C20H20ClFN2/c1-13-11-20(2,3)24(4)19-10-16(21)14(9-15(13)19)12-23-18-8-6-5-7-17(18)22/h5-12H,1-4H3. The molecule has 0 radical (unpaired) electrons. The minimum Gasteiger partial charge on any atom is -0.365 e. The molecule has 1 aliphatic heterocycles. The lowest BCUT2D eigenvalue weighted by Gasteiger charge is -2.40. The van der Waals surface area contributed by atoms with E-state index < -0.39 is 0 Å². The predicted octanol–water partition coefficient (Wildman–Crippen LogP) is 5.86. The van der Waals surface area contributed by atoms with Crippen molar-refractivity contribution in [2.24, 2.45) is 4.99 Å². The van der Waals surface area contributed by atoms with Crippen molar-refractivity contribution in [2.75, 3.05) is 11.9 Å². The highest BCUT2D eigenvalue weighted by atomic mass is 35.5. The van der Waals surface area contributed by atoms with E-state index in [4.69, 9.17) is 11.6 Å². The summed E-state index contributed by atoms with van der Waals surface area (Å²) in [6.07, 6.45) is 3.86. The molecule has 1 aliphatic rings. The number of anilines is 1. The van der Waals surface area contributed by atoms with Crippen molar-refractivity contribution in [3.63, 3.8) is 0 Å². The Hall–Kier alpha value is -2.13. The van der Waals surface area contributed by atoms with Gasteiger partial charge in [-0.1, -0.05) is 29.8 Å². The average Bonchev–Trinajstić information content (AvgIpc) is 2.52. The van der Waals surface area contributed by atoms with E-state index in [0.717, 1.165) is 16.8 Å². The van der Waals surface area contributed by atoms with E-state index in [-0.39, 0.29) is 11.4 Å². The van der Waals surface area contributed by atoms with Crippen LogP contribution in [-0.4, -0.2) is 18.8 Å². The number of allylic oxidation sites excluding steroid dienone is 1. The maximum Gasteiger partial charge on any atom is 0.148 e. The fourth-order valence-corrected chi connectivity index (χ4v) is 3.19. The molecule has 0 saturated carbocycles. The fraction of sp³-hybridized carbons (Fsp3) is 0.250. The SMILES string of the molecule is CC1=CC(C)(C)N(C)c2cc(Cl)c(C=Nc3ccccc3F)cc21. The van der Waals surface area contributed by atoms with E-state index in [2.05, 4.69) is 43.8 Å². The zero-order chi connectivity index (χ0) is 17.5. The Morgan fingerprint density at radius 3 is 2.62 bits per heavy atom. The van der Waals surface area contributed by atoms with Crippen LogP contribution in [0.5, 0.6) is 0 Å². The van der Waals surface area contributed by atoms with Crippen LogP contribution in [0.4, 0.5) is 15.8 Å². The number of hydrogen-bond donors (Lipinski definition) is 0. The molecule has 0 saturated heterocycles. The second kappa shape index (κ2) is 6.06. The highest BCUT2D eigenvalue weighted by Gasteiger charge is 2.29. The lowest BCUT2D eigenvalue weighted by atomic mass is 9.88. The molecule has 24 heavy (non-hydrogen) atoms. The Bertz CT molecular complexity index is 853. The Morgan fingerprint density at radius 2 is 1.92 bits per heavy atom. The molecule has 0 aromatic heterocycles. The van der Waals surface area contributed by atoms with E-state index >= 15 is 0 Å². The van der Waals surface area contributed by atoms with E-state index in [1.807, 2.05) is 12.1 Å². The monoisotopic (exact) mass is 342 g/mol. The summed E-state index contributed by atoms with van der Waals surface area (Å²) in [5.74, 6) is -0.347. The number of hydrogen-bond acceptors (Lipinski definition) is 2. The molecule has 2 nitrogen and oxygen atoms in total. The molecule has 0 atom stereocenters. The maximum absolute atomic E-state index is 13.7. The molecular formula is C20H20ClFN2. The average molecular weight is 343 g/mol. The molecule has 0 N–H and O–H groups in total. The molecule has 124 valence electrons. The second-order valence-corrected chi connectivity index (χ2v) is 7.05. The molecular weight excluding hydrogens is 323 g/mol. The first-order valence-corrected chi connectivity index (χ1v) is 8.23. The van der Waals surface area contributed by atoms with Crippen molar-refractivity contribution in [3.8, 4) is 0 Å². The number of halogens is 2. The summed E-state index contributed by atoms with van der Waals surface area (Å²) in [6, 6.07) is 10.4. The zero-order valence-electron chi connectivity index (χ0n) is 14.3. The van der Waals surface area contributed by atoms with Crippen LogP contribution in [-0.2, 0) is 0 Å². The Morgan fingerprint density at radius 1 is 1.21 bits per heavy atom. The summed E-state index contributed by atoms with van der Waals surface area (Å²) in [7, 11) is 2.06. The number of likely N-dealkylation sites (N-methyl/N-ethyl adjacent to an activating group) is 1. The number of nitrogens with zero attached hydrogens (tertiary/aromatic N) is 2. The molecule has 1 heterocycles. The van der Waals surface area contributed by atoms with Gasteiger partial charge in [-0.25, -0.2) is 4.39 Å². The first kappa shape index (κ1) is 16.7. The van der Waals surface area contributed by atoms with Crippen molar-refractivity contribution in [1.82, 2.24) is 0 Å². The van der Waals surface area contributed by atoms with Gasteiger partial charge in [0.15, 0.2) is 0 Å². The maximum atomic E-state index is 13.7. The van der Waals surface area contributed by atoms with Crippen LogP contribution < -0.4 is 4.90 Å². The first-order valence-electron chi connectivity index (χ1n) is 7.85. The van der Waals surface area contributed by atoms with Crippen LogP contribution >= 0.6 is 11.6 Å². The molecule has 0 bridgehead atoms. The summed E-state index contributed by atoms with van der Waals surface area (Å²) in [4.78, 5) is 6.45. The van der Waals surface area contributed by atoms with Gasteiger partial charge in [0.05, 0.1) is 16.2 Å². The van der Waals surface area contributed by atoms with Crippen LogP contribution in [0, 0.1) is 5.82 Å². The Balaban J connectivity index is 2.04. The van der Waals surface area contributed by atoms with E-state index in [0.29, 0.717) is 10.7 Å². The van der Waals surface area contributed by atoms with Gasteiger partial charge in [-0.2, -0.15) is 0 Å². The molecule has 0 unspecified atom stereocenters. The molecule has 0 aliphatic carbocycles. The van der Waals surface area contributed by atoms with Crippen LogP contribution in [0.15, 0.2) is 47.5 Å². The number of fused-ring (bicyclic) bond motifs is 1. The fourth-order valence-electron chi connectivity index (χ4n) is 2.98. The molecule has 2 aromatic carbocycles. The van der Waals surface area contributed by atoms with Gasteiger partial charge in [0.1, 0.15) is 5.82 Å². The molecule has 0 fully saturated rings. The third kappa shape index (κ3) is 2.96. The van der Waals surface area contributed by atoms with Gasteiger partial charge >= 0.3 is 0 Å². The predicted molar refractivity (Wildman–Crippen MR) is 101 cm³/mol. The summed E-state index contributed by atoms with van der Waals surface area (Å²) >= 11 is 6.44. The Kier molecular flexibility index (Phi) is 4.22. The molecule has 3 rings (SSSR count). The topological polar surface area (TPSA) is 15.6 Å². The van der Waals surface area contributed by atoms with E-state index in [1.165, 1.54) is 11.6 Å². The third-order valence-corrected chi connectivity index (χ3v) is 4.86. The van der Waals surface area contributed by atoms with Crippen LogP contribution in [0.3, 0.4) is 0 Å². The van der Waals surface area contributed by atoms with Crippen LogP contribution in [0.2, 0.25) is 5.02 Å². The molecule has 4 heteroatoms. The molecule has 0 amide bonds. The minimum atomic E-state index is -0.347. The van der Waals surface area contributed by atoms with Gasteiger partial charge in [0.2, 0.25) is 0 Å². The molecule has 0 spiro atoms.